The highest BCUT2D eigenvalue weighted by Crippen LogP contribution is 2.13. The van der Waals surface area contributed by atoms with Crippen LogP contribution >= 0.6 is 0 Å². The van der Waals surface area contributed by atoms with Crippen LogP contribution in [0.3, 0.4) is 0 Å². The van der Waals surface area contributed by atoms with E-state index in [0.29, 0.717) is 25.9 Å². The van der Waals surface area contributed by atoms with Gasteiger partial charge in [0.15, 0.2) is 13.2 Å². The lowest BCUT2D eigenvalue weighted by Crippen LogP contribution is -2.31. The van der Waals surface area contributed by atoms with Crippen molar-refractivity contribution in [2.75, 3.05) is 26.3 Å². The zero-order valence-electron chi connectivity index (χ0n) is 19.0. The first kappa shape index (κ1) is 27.1. The monoisotopic (exact) mass is 494 g/mol. The van der Waals surface area contributed by atoms with Crippen molar-refractivity contribution < 1.29 is 38.1 Å². The number of hydrogen-bond donors (Lipinski definition) is 2. The largest absolute Gasteiger partial charge is 0.452 e. The van der Waals surface area contributed by atoms with Gasteiger partial charge in [0.2, 0.25) is 0 Å². The van der Waals surface area contributed by atoms with E-state index in [-0.39, 0.29) is 22.6 Å². The van der Waals surface area contributed by atoms with Gasteiger partial charge < -0.3 is 29.6 Å². The van der Waals surface area contributed by atoms with E-state index in [4.69, 9.17) is 20.0 Å². The van der Waals surface area contributed by atoms with Crippen LogP contribution in [0.2, 0.25) is 0 Å². The fourth-order valence-corrected chi connectivity index (χ4v) is 2.66. The fraction of sp³-hybridized carbons (Fsp3) is 0.250. The Balaban J connectivity index is 1.52. The molecule has 2 aromatic rings. The summed E-state index contributed by atoms with van der Waals surface area (Å²) in [6.45, 7) is -0.281. The molecule has 0 aliphatic carbocycles. The summed E-state index contributed by atoms with van der Waals surface area (Å²) < 4.78 is 19.1. The van der Waals surface area contributed by atoms with Crippen LogP contribution in [0.4, 0.5) is 0 Å². The van der Waals surface area contributed by atoms with E-state index < -0.39 is 37.0 Å². The molecule has 0 aliphatic heterocycles. The third-order valence-corrected chi connectivity index (χ3v) is 4.42. The van der Waals surface area contributed by atoms with Gasteiger partial charge in [-0.05, 0) is 61.4 Å². The van der Waals surface area contributed by atoms with Crippen molar-refractivity contribution >= 4 is 23.8 Å². The van der Waals surface area contributed by atoms with Gasteiger partial charge >= 0.3 is 11.9 Å². The van der Waals surface area contributed by atoms with Crippen molar-refractivity contribution in [1.29, 1.82) is 10.5 Å². The van der Waals surface area contributed by atoms with E-state index in [1.165, 1.54) is 61.0 Å². The number of ether oxygens (including phenoxy) is 4. The number of unbranched alkanes of at least 4 members (excludes halogenated alkanes) is 1. The molecule has 2 N–H and O–H groups in total. The van der Waals surface area contributed by atoms with Crippen molar-refractivity contribution in [1.82, 2.24) is 10.6 Å². The topological polar surface area (TPSA) is 177 Å². The lowest BCUT2D eigenvalue weighted by Gasteiger charge is -2.08. The Morgan fingerprint density at radius 1 is 0.639 bits per heavy atom. The number of amides is 2. The second kappa shape index (κ2) is 14.9. The number of carbonyl (C=O) groups excluding carboxylic acids is 4. The SMILES string of the molecule is N#COc1ccc(C(=O)OCC(=O)NCCCCNC(=O)COC(=O)c2ccc(OC#N)cc2)cc1. The van der Waals surface area contributed by atoms with Crippen LogP contribution in [0, 0.1) is 23.0 Å². The van der Waals surface area contributed by atoms with E-state index >= 15 is 0 Å². The van der Waals surface area contributed by atoms with Crippen LogP contribution in [0.25, 0.3) is 0 Å². The number of nitriles is 2. The Hall–Kier alpha value is -5.10. The van der Waals surface area contributed by atoms with Gasteiger partial charge in [-0.25, -0.2) is 9.59 Å². The molecule has 0 saturated carbocycles. The van der Waals surface area contributed by atoms with Crippen molar-refractivity contribution in [2.24, 2.45) is 0 Å². The number of carbonyl (C=O) groups is 4. The molecule has 0 bridgehead atoms. The van der Waals surface area contributed by atoms with E-state index in [9.17, 15) is 19.2 Å². The van der Waals surface area contributed by atoms with Crippen molar-refractivity contribution in [3.05, 3.63) is 59.7 Å². The molecule has 36 heavy (non-hydrogen) atoms. The summed E-state index contributed by atoms with van der Waals surface area (Å²) in [5.74, 6) is -1.78. The van der Waals surface area contributed by atoms with Gasteiger partial charge in [0.25, 0.3) is 24.3 Å². The molecule has 0 fully saturated rings. The minimum absolute atomic E-state index is 0.206. The first-order valence-corrected chi connectivity index (χ1v) is 10.6. The molecular weight excluding hydrogens is 472 g/mol. The van der Waals surface area contributed by atoms with Gasteiger partial charge in [-0.15, -0.1) is 10.5 Å². The maximum absolute atomic E-state index is 11.9. The Morgan fingerprint density at radius 3 is 1.33 bits per heavy atom. The number of nitrogens with zero attached hydrogens (tertiary/aromatic N) is 2. The summed E-state index contributed by atoms with van der Waals surface area (Å²) >= 11 is 0. The summed E-state index contributed by atoms with van der Waals surface area (Å²) in [7, 11) is 0. The third kappa shape index (κ3) is 9.80. The standard InChI is InChI=1S/C24H22N4O8/c25-15-35-19-7-3-17(4-8-19)23(31)33-13-21(29)27-11-1-2-12-28-22(30)14-34-24(32)18-5-9-20(10-6-18)36-16-26/h3-10H,1-2,11-14H2,(H,27,29)(H,28,30). The highest BCUT2D eigenvalue weighted by atomic mass is 16.5. The summed E-state index contributed by atoms with van der Waals surface area (Å²) in [4.78, 5) is 47.4. The second-order valence-corrected chi connectivity index (χ2v) is 6.99. The van der Waals surface area contributed by atoms with Crippen LogP contribution < -0.4 is 20.1 Å². The zero-order chi connectivity index (χ0) is 26.2. The molecule has 0 saturated heterocycles. The number of benzene rings is 2. The molecule has 2 aromatic carbocycles. The molecule has 0 aromatic heterocycles. The second-order valence-electron chi connectivity index (χ2n) is 6.99. The normalized spacial score (nSPS) is 9.61. The molecule has 186 valence electrons. The summed E-state index contributed by atoms with van der Waals surface area (Å²) in [6, 6.07) is 11.3. The smallest absolute Gasteiger partial charge is 0.338 e. The molecule has 12 heteroatoms. The number of rotatable bonds is 13. The Kier molecular flexibility index (Phi) is 11.3. The molecular formula is C24H22N4O8. The van der Waals surface area contributed by atoms with Crippen LogP contribution in [0.15, 0.2) is 48.5 Å². The third-order valence-electron chi connectivity index (χ3n) is 4.42. The summed E-state index contributed by atoms with van der Waals surface area (Å²) in [6.07, 6.45) is 4.13. The summed E-state index contributed by atoms with van der Waals surface area (Å²) in [5.41, 5.74) is 0.412. The minimum Gasteiger partial charge on any atom is -0.452 e. The predicted octanol–water partition coefficient (Wildman–Crippen LogP) is 1.43. The first-order valence-electron chi connectivity index (χ1n) is 10.6. The molecule has 0 aliphatic rings. The Morgan fingerprint density at radius 2 is 1.00 bits per heavy atom. The maximum Gasteiger partial charge on any atom is 0.338 e. The lowest BCUT2D eigenvalue weighted by molar-refractivity contribution is -0.125. The van der Waals surface area contributed by atoms with Crippen molar-refractivity contribution in [3.63, 3.8) is 0 Å². The van der Waals surface area contributed by atoms with E-state index in [0.717, 1.165) is 0 Å². The average Bonchev–Trinajstić information content (AvgIpc) is 2.89. The van der Waals surface area contributed by atoms with Crippen LogP contribution in [-0.4, -0.2) is 50.1 Å². The van der Waals surface area contributed by atoms with Gasteiger partial charge in [0.05, 0.1) is 11.1 Å². The van der Waals surface area contributed by atoms with Gasteiger partial charge in [0.1, 0.15) is 11.5 Å². The first-order chi connectivity index (χ1) is 17.4. The van der Waals surface area contributed by atoms with Crippen LogP contribution in [0.5, 0.6) is 11.5 Å². The lowest BCUT2D eigenvalue weighted by atomic mass is 10.2. The molecule has 0 spiro atoms. The Labute approximate surface area is 206 Å². The molecule has 0 atom stereocenters. The molecule has 2 amide bonds. The van der Waals surface area contributed by atoms with Gasteiger partial charge in [-0.1, -0.05) is 0 Å². The van der Waals surface area contributed by atoms with Gasteiger partial charge in [-0.3, -0.25) is 9.59 Å². The number of esters is 2. The predicted molar refractivity (Wildman–Crippen MR) is 121 cm³/mol. The van der Waals surface area contributed by atoms with Crippen LogP contribution in [0.1, 0.15) is 33.6 Å². The molecule has 0 unspecified atom stereocenters. The minimum atomic E-state index is -0.693. The number of hydrogen-bond acceptors (Lipinski definition) is 10. The fourth-order valence-electron chi connectivity index (χ4n) is 2.66. The highest BCUT2D eigenvalue weighted by Gasteiger charge is 2.11. The van der Waals surface area contributed by atoms with Crippen molar-refractivity contribution in [2.45, 2.75) is 12.8 Å². The maximum atomic E-state index is 11.9. The van der Waals surface area contributed by atoms with Crippen LogP contribution in [-0.2, 0) is 19.1 Å². The molecule has 2 rings (SSSR count). The Bertz CT molecular complexity index is 1040. The quantitative estimate of drug-likeness (QED) is 0.235. The van der Waals surface area contributed by atoms with Gasteiger partial charge in [0, 0.05) is 13.1 Å². The molecule has 12 nitrogen and oxygen atoms in total. The molecule has 0 radical (unpaired) electrons. The summed E-state index contributed by atoms with van der Waals surface area (Å²) in [5, 5.41) is 22.0. The van der Waals surface area contributed by atoms with E-state index in [1.54, 1.807) is 0 Å². The van der Waals surface area contributed by atoms with E-state index in [1.807, 2.05) is 0 Å². The van der Waals surface area contributed by atoms with Crippen molar-refractivity contribution in [3.8, 4) is 24.0 Å². The molecule has 0 heterocycles. The average molecular weight is 494 g/mol. The number of nitrogens with one attached hydrogen (secondary N) is 2. The van der Waals surface area contributed by atoms with E-state index in [2.05, 4.69) is 20.1 Å². The van der Waals surface area contributed by atoms with Gasteiger partial charge in [-0.2, -0.15) is 0 Å². The highest BCUT2D eigenvalue weighted by molar-refractivity contribution is 5.92. The zero-order valence-corrected chi connectivity index (χ0v) is 19.0.